The van der Waals surface area contributed by atoms with Crippen molar-refractivity contribution in [2.24, 2.45) is 5.73 Å². The lowest BCUT2D eigenvalue weighted by Gasteiger charge is -2.13. The van der Waals surface area contributed by atoms with E-state index in [1.54, 1.807) is 6.92 Å². The molecule has 0 radical (unpaired) electrons. The first-order chi connectivity index (χ1) is 6.61. The molecule has 0 aliphatic rings. The predicted octanol–water partition coefficient (Wildman–Crippen LogP) is -0.634. The second-order valence-electron chi connectivity index (χ2n) is 3.11. The number of primary amides is 1. The van der Waals surface area contributed by atoms with Gasteiger partial charge in [-0.05, 0) is 19.4 Å². The molecule has 82 valence electrons. The Morgan fingerprint density at radius 2 is 2.00 bits per heavy atom. The van der Waals surface area contributed by atoms with E-state index in [1.165, 1.54) is 0 Å². The van der Waals surface area contributed by atoms with Gasteiger partial charge in [0, 0.05) is 0 Å². The van der Waals surface area contributed by atoms with Gasteiger partial charge in [-0.3, -0.25) is 9.59 Å². The van der Waals surface area contributed by atoms with Crippen molar-refractivity contribution in [2.75, 3.05) is 13.1 Å². The van der Waals surface area contributed by atoms with Crippen LogP contribution in [0.5, 0.6) is 0 Å². The van der Waals surface area contributed by atoms with Crippen LogP contribution in [0.15, 0.2) is 0 Å². The van der Waals surface area contributed by atoms with Gasteiger partial charge in [0.25, 0.3) is 0 Å². The molecule has 0 aliphatic heterocycles. The van der Waals surface area contributed by atoms with Crippen molar-refractivity contribution < 1.29 is 9.59 Å². The van der Waals surface area contributed by atoms with Gasteiger partial charge in [-0.15, -0.1) is 0 Å². The molecule has 5 nitrogen and oxygen atoms in total. The number of hydrogen-bond acceptors (Lipinski definition) is 3. The fourth-order valence-corrected chi connectivity index (χ4v) is 0.998. The maximum atomic E-state index is 11.2. The van der Waals surface area contributed by atoms with Gasteiger partial charge in [-0.25, -0.2) is 0 Å². The number of nitrogens with one attached hydrogen (secondary N) is 2. The maximum absolute atomic E-state index is 11.2. The summed E-state index contributed by atoms with van der Waals surface area (Å²) >= 11 is 0. The molecule has 0 saturated heterocycles. The Balaban J connectivity index is 3.74. The Labute approximate surface area is 84.4 Å². The number of amides is 2. The topological polar surface area (TPSA) is 84.2 Å². The van der Waals surface area contributed by atoms with Crippen LogP contribution in [0.4, 0.5) is 0 Å². The number of rotatable bonds is 7. The molecule has 0 aliphatic carbocycles. The van der Waals surface area contributed by atoms with Gasteiger partial charge in [-0.1, -0.05) is 13.8 Å². The van der Waals surface area contributed by atoms with Crippen molar-refractivity contribution in [3.8, 4) is 0 Å². The van der Waals surface area contributed by atoms with E-state index in [1.807, 2.05) is 6.92 Å². The normalized spacial score (nSPS) is 12.1. The molecule has 0 heterocycles. The lowest BCUT2D eigenvalue weighted by Crippen LogP contribution is -2.46. The summed E-state index contributed by atoms with van der Waals surface area (Å²) < 4.78 is 0. The smallest absolute Gasteiger partial charge is 0.239 e. The molecule has 0 fully saturated rings. The van der Waals surface area contributed by atoms with Crippen molar-refractivity contribution in [1.82, 2.24) is 10.6 Å². The highest BCUT2D eigenvalue weighted by Gasteiger charge is 2.14. The first-order valence-electron chi connectivity index (χ1n) is 4.91. The minimum absolute atomic E-state index is 0.191. The lowest BCUT2D eigenvalue weighted by molar-refractivity contribution is -0.126. The van der Waals surface area contributed by atoms with Crippen LogP contribution in [0.1, 0.15) is 26.7 Å². The fraction of sp³-hybridized carbons (Fsp3) is 0.778. The Hall–Kier alpha value is -1.10. The molecule has 0 rings (SSSR count). The molecule has 0 aromatic rings. The van der Waals surface area contributed by atoms with Crippen molar-refractivity contribution in [3.63, 3.8) is 0 Å². The van der Waals surface area contributed by atoms with Gasteiger partial charge in [0.1, 0.15) is 6.04 Å². The molecular formula is C9H19N3O2. The van der Waals surface area contributed by atoms with Crippen LogP contribution in [-0.2, 0) is 9.59 Å². The molecule has 4 N–H and O–H groups in total. The van der Waals surface area contributed by atoms with E-state index in [-0.39, 0.29) is 12.5 Å². The van der Waals surface area contributed by atoms with Crippen LogP contribution in [0, 0.1) is 0 Å². The summed E-state index contributed by atoms with van der Waals surface area (Å²) in [5.41, 5.74) is 5.08. The monoisotopic (exact) mass is 201 g/mol. The summed E-state index contributed by atoms with van der Waals surface area (Å²) in [6, 6.07) is -0.550. The average Bonchev–Trinajstić information content (AvgIpc) is 2.14. The van der Waals surface area contributed by atoms with Crippen LogP contribution < -0.4 is 16.4 Å². The Morgan fingerprint density at radius 1 is 1.36 bits per heavy atom. The zero-order chi connectivity index (χ0) is 11.0. The highest BCUT2D eigenvalue weighted by Crippen LogP contribution is 1.88. The van der Waals surface area contributed by atoms with E-state index in [2.05, 4.69) is 10.6 Å². The van der Waals surface area contributed by atoms with E-state index < -0.39 is 11.9 Å². The lowest BCUT2D eigenvalue weighted by atomic mass is 10.2. The number of hydrogen-bond donors (Lipinski definition) is 3. The zero-order valence-corrected chi connectivity index (χ0v) is 8.80. The fourth-order valence-electron chi connectivity index (χ4n) is 0.998. The maximum Gasteiger partial charge on any atom is 0.239 e. The van der Waals surface area contributed by atoms with Crippen molar-refractivity contribution in [1.29, 1.82) is 0 Å². The molecule has 0 aromatic carbocycles. The minimum Gasteiger partial charge on any atom is -0.368 e. The summed E-state index contributed by atoms with van der Waals surface area (Å²) in [6.45, 7) is 4.84. The van der Waals surface area contributed by atoms with E-state index in [4.69, 9.17) is 5.73 Å². The third kappa shape index (κ3) is 5.53. The molecule has 1 unspecified atom stereocenters. The largest absolute Gasteiger partial charge is 0.368 e. The quantitative estimate of drug-likeness (QED) is 0.479. The van der Waals surface area contributed by atoms with Gasteiger partial charge >= 0.3 is 0 Å². The molecule has 1 atom stereocenters. The standard InChI is InChI=1S/C9H19N3O2/c1-3-5-11-6-8(13)12-7(4-2)9(10)14/h7,11H,3-6H2,1-2H3,(H2,10,14)(H,12,13). The molecular weight excluding hydrogens is 182 g/mol. The number of carbonyl (C=O) groups is 2. The molecule has 0 aromatic heterocycles. The second kappa shape index (κ2) is 7.32. The van der Waals surface area contributed by atoms with Gasteiger partial charge < -0.3 is 16.4 Å². The van der Waals surface area contributed by atoms with Crippen LogP contribution >= 0.6 is 0 Å². The average molecular weight is 201 g/mol. The molecule has 0 spiro atoms. The van der Waals surface area contributed by atoms with Crippen LogP contribution in [0.3, 0.4) is 0 Å². The first kappa shape index (κ1) is 12.9. The highest BCUT2D eigenvalue weighted by molar-refractivity contribution is 5.87. The van der Waals surface area contributed by atoms with Crippen LogP contribution in [0.25, 0.3) is 0 Å². The van der Waals surface area contributed by atoms with E-state index in [9.17, 15) is 9.59 Å². The van der Waals surface area contributed by atoms with Crippen molar-refractivity contribution >= 4 is 11.8 Å². The summed E-state index contributed by atoms with van der Waals surface area (Å²) in [4.78, 5) is 22.0. The van der Waals surface area contributed by atoms with Crippen molar-refractivity contribution in [3.05, 3.63) is 0 Å². The van der Waals surface area contributed by atoms with Gasteiger partial charge in [0.05, 0.1) is 6.54 Å². The minimum atomic E-state index is -0.550. The van der Waals surface area contributed by atoms with Crippen LogP contribution in [0.2, 0.25) is 0 Å². The van der Waals surface area contributed by atoms with Gasteiger partial charge in [0.2, 0.25) is 11.8 Å². The van der Waals surface area contributed by atoms with Gasteiger partial charge in [-0.2, -0.15) is 0 Å². The summed E-state index contributed by atoms with van der Waals surface area (Å²) in [5.74, 6) is -0.680. The third-order valence-corrected chi connectivity index (χ3v) is 1.80. The molecule has 14 heavy (non-hydrogen) atoms. The van der Waals surface area contributed by atoms with Gasteiger partial charge in [0.15, 0.2) is 0 Å². The van der Waals surface area contributed by atoms with E-state index in [0.717, 1.165) is 13.0 Å². The molecule has 2 amide bonds. The SMILES string of the molecule is CCCNCC(=O)NC(CC)C(N)=O. The number of carbonyl (C=O) groups excluding carboxylic acids is 2. The number of nitrogens with two attached hydrogens (primary N) is 1. The molecule has 0 saturated carbocycles. The van der Waals surface area contributed by atoms with E-state index in [0.29, 0.717) is 6.42 Å². The van der Waals surface area contributed by atoms with E-state index >= 15 is 0 Å². The summed E-state index contributed by atoms with van der Waals surface area (Å²) in [5, 5.41) is 5.49. The molecule has 5 heteroatoms. The van der Waals surface area contributed by atoms with Crippen molar-refractivity contribution in [2.45, 2.75) is 32.7 Å². The Bertz CT molecular complexity index is 194. The highest BCUT2D eigenvalue weighted by atomic mass is 16.2. The third-order valence-electron chi connectivity index (χ3n) is 1.80. The second-order valence-corrected chi connectivity index (χ2v) is 3.11. The summed E-state index contributed by atoms with van der Waals surface area (Å²) in [7, 11) is 0. The Kier molecular flexibility index (Phi) is 6.74. The zero-order valence-electron chi connectivity index (χ0n) is 8.80. The first-order valence-corrected chi connectivity index (χ1v) is 4.91. The Morgan fingerprint density at radius 3 is 2.43 bits per heavy atom. The van der Waals surface area contributed by atoms with Crippen LogP contribution in [-0.4, -0.2) is 30.9 Å². The predicted molar refractivity (Wildman–Crippen MR) is 54.6 cm³/mol. The summed E-state index contributed by atoms with van der Waals surface area (Å²) in [6.07, 6.45) is 1.50. The molecule has 0 bridgehead atoms.